The summed E-state index contributed by atoms with van der Waals surface area (Å²) in [7, 11) is 0. The van der Waals surface area contributed by atoms with Crippen LogP contribution < -0.4 is 5.73 Å². The van der Waals surface area contributed by atoms with Crippen LogP contribution in [0.4, 0.5) is 5.69 Å². The van der Waals surface area contributed by atoms with Gasteiger partial charge in [0.15, 0.2) is 0 Å². The molecule has 0 unspecified atom stereocenters. The number of H-pyrrole nitrogens is 1. The van der Waals surface area contributed by atoms with Crippen LogP contribution in [0.25, 0.3) is 11.0 Å². The molecule has 2 aromatic carbocycles. The van der Waals surface area contributed by atoms with Crippen LogP contribution in [0.2, 0.25) is 5.02 Å². The number of anilines is 1. The zero-order valence-corrected chi connectivity index (χ0v) is 11.1. The first-order valence-electron chi connectivity index (χ1n) is 6.19. The van der Waals surface area contributed by atoms with Gasteiger partial charge in [0.2, 0.25) is 0 Å². The van der Waals surface area contributed by atoms with E-state index < -0.39 is 0 Å². The van der Waals surface area contributed by atoms with Crippen LogP contribution >= 0.6 is 11.6 Å². The molecule has 3 aromatic rings. The highest BCUT2D eigenvalue weighted by atomic mass is 35.5. The van der Waals surface area contributed by atoms with Gasteiger partial charge in [-0.05, 0) is 42.3 Å². The molecule has 96 valence electrons. The first-order valence-corrected chi connectivity index (χ1v) is 6.57. The van der Waals surface area contributed by atoms with Crippen LogP contribution in [0.15, 0.2) is 42.5 Å². The van der Waals surface area contributed by atoms with Gasteiger partial charge in [0.1, 0.15) is 5.82 Å². The highest BCUT2D eigenvalue weighted by Gasteiger charge is 2.03. The van der Waals surface area contributed by atoms with Crippen LogP contribution in [0.5, 0.6) is 0 Å². The third kappa shape index (κ3) is 2.71. The van der Waals surface area contributed by atoms with Gasteiger partial charge in [-0.25, -0.2) is 4.98 Å². The minimum absolute atomic E-state index is 0.723. The standard InChI is InChI=1S/C15H14ClN3/c16-11-4-7-13-14(9-11)19-15(18-13)8-3-10-1-5-12(17)6-2-10/h1-2,4-7,9H,3,8,17H2,(H,18,19). The monoisotopic (exact) mass is 271 g/mol. The summed E-state index contributed by atoms with van der Waals surface area (Å²) in [6.45, 7) is 0. The van der Waals surface area contributed by atoms with Crippen molar-refractivity contribution in [3.8, 4) is 0 Å². The van der Waals surface area contributed by atoms with Crippen molar-refractivity contribution in [3.05, 3.63) is 58.9 Å². The Bertz CT molecular complexity index is 701. The number of halogens is 1. The van der Waals surface area contributed by atoms with Gasteiger partial charge < -0.3 is 10.7 Å². The van der Waals surface area contributed by atoms with E-state index in [1.165, 1.54) is 5.56 Å². The molecule has 0 atom stereocenters. The Balaban J connectivity index is 1.76. The summed E-state index contributed by atoms with van der Waals surface area (Å²) >= 11 is 5.96. The summed E-state index contributed by atoms with van der Waals surface area (Å²) in [4.78, 5) is 7.85. The van der Waals surface area contributed by atoms with E-state index in [0.717, 1.165) is 40.4 Å². The van der Waals surface area contributed by atoms with Crippen LogP contribution in [0.1, 0.15) is 11.4 Å². The molecule has 1 aromatic heterocycles. The largest absolute Gasteiger partial charge is 0.399 e. The second kappa shape index (κ2) is 4.94. The van der Waals surface area contributed by atoms with Crippen molar-refractivity contribution in [2.45, 2.75) is 12.8 Å². The number of nitrogens with one attached hydrogen (secondary N) is 1. The second-order valence-electron chi connectivity index (χ2n) is 4.59. The lowest BCUT2D eigenvalue weighted by Crippen LogP contribution is -1.94. The number of nitrogen functional groups attached to an aromatic ring is 1. The van der Waals surface area contributed by atoms with Crippen molar-refractivity contribution in [2.75, 3.05) is 5.73 Å². The first-order chi connectivity index (χ1) is 9.20. The fraction of sp³-hybridized carbons (Fsp3) is 0.133. The number of aromatic nitrogens is 2. The van der Waals surface area contributed by atoms with E-state index in [-0.39, 0.29) is 0 Å². The van der Waals surface area contributed by atoms with Gasteiger partial charge in [-0.2, -0.15) is 0 Å². The Morgan fingerprint density at radius 3 is 2.63 bits per heavy atom. The van der Waals surface area contributed by atoms with Crippen molar-refractivity contribution >= 4 is 28.3 Å². The first kappa shape index (κ1) is 12.1. The van der Waals surface area contributed by atoms with Crippen molar-refractivity contribution in [3.63, 3.8) is 0 Å². The van der Waals surface area contributed by atoms with E-state index in [0.29, 0.717) is 0 Å². The normalized spacial score (nSPS) is 11.0. The SMILES string of the molecule is Nc1ccc(CCc2nc3ccc(Cl)cc3[nH]2)cc1. The number of hydrogen-bond donors (Lipinski definition) is 2. The molecular weight excluding hydrogens is 258 g/mol. The van der Waals surface area contributed by atoms with Gasteiger partial charge in [-0.3, -0.25) is 0 Å². The van der Waals surface area contributed by atoms with Crippen molar-refractivity contribution in [2.24, 2.45) is 0 Å². The van der Waals surface area contributed by atoms with Crippen molar-refractivity contribution in [1.82, 2.24) is 9.97 Å². The van der Waals surface area contributed by atoms with Crippen LogP contribution in [0, 0.1) is 0 Å². The molecular formula is C15H14ClN3. The number of fused-ring (bicyclic) bond motifs is 1. The maximum Gasteiger partial charge on any atom is 0.107 e. The van der Waals surface area contributed by atoms with E-state index in [4.69, 9.17) is 17.3 Å². The second-order valence-corrected chi connectivity index (χ2v) is 5.02. The van der Waals surface area contributed by atoms with Gasteiger partial charge in [-0.1, -0.05) is 23.7 Å². The van der Waals surface area contributed by atoms with Gasteiger partial charge in [0, 0.05) is 17.1 Å². The number of hydrogen-bond acceptors (Lipinski definition) is 2. The van der Waals surface area contributed by atoms with E-state index >= 15 is 0 Å². The Labute approximate surface area is 116 Å². The summed E-state index contributed by atoms with van der Waals surface area (Å²) in [5.74, 6) is 0.981. The van der Waals surface area contributed by atoms with Crippen molar-refractivity contribution in [1.29, 1.82) is 0 Å². The summed E-state index contributed by atoms with van der Waals surface area (Å²) in [6.07, 6.45) is 1.81. The highest BCUT2D eigenvalue weighted by Crippen LogP contribution is 2.18. The van der Waals surface area contributed by atoms with Crippen LogP contribution in [0.3, 0.4) is 0 Å². The molecule has 3 N–H and O–H groups in total. The summed E-state index contributed by atoms with van der Waals surface area (Å²) in [6, 6.07) is 13.6. The smallest absolute Gasteiger partial charge is 0.107 e. The molecule has 19 heavy (non-hydrogen) atoms. The zero-order chi connectivity index (χ0) is 13.2. The third-order valence-corrected chi connectivity index (χ3v) is 3.36. The fourth-order valence-electron chi connectivity index (χ4n) is 2.10. The number of nitrogens with two attached hydrogens (primary N) is 1. The van der Waals surface area contributed by atoms with Gasteiger partial charge >= 0.3 is 0 Å². The lowest BCUT2D eigenvalue weighted by atomic mass is 10.1. The number of rotatable bonds is 3. The molecule has 0 amide bonds. The predicted molar refractivity (Wildman–Crippen MR) is 79.4 cm³/mol. The van der Waals surface area contributed by atoms with Gasteiger partial charge in [0.25, 0.3) is 0 Å². The minimum Gasteiger partial charge on any atom is -0.399 e. The zero-order valence-electron chi connectivity index (χ0n) is 10.4. The molecule has 0 aliphatic heterocycles. The van der Waals surface area contributed by atoms with Gasteiger partial charge in [-0.15, -0.1) is 0 Å². The van der Waals surface area contributed by atoms with Crippen LogP contribution in [-0.2, 0) is 12.8 Å². The third-order valence-electron chi connectivity index (χ3n) is 3.12. The van der Waals surface area contributed by atoms with Crippen molar-refractivity contribution < 1.29 is 0 Å². The van der Waals surface area contributed by atoms with E-state index in [1.54, 1.807) is 0 Å². The lowest BCUT2D eigenvalue weighted by molar-refractivity contribution is 0.890. The molecule has 0 bridgehead atoms. The summed E-state index contributed by atoms with van der Waals surface area (Å²) < 4.78 is 0. The molecule has 0 fully saturated rings. The molecule has 3 rings (SSSR count). The number of imidazole rings is 1. The lowest BCUT2D eigenvalue weighted by Gasteiger charge is -1.99. The molecule has 1 heterocycles. The molecule has 0 aliphatic rings. The Kier molecular flexibility index (Phi) is 3.13. The molecule has 3 nitrogen and oxygen atoms in total. The molecule has 0 aliphatic carbocycles. The number of aromatic amines is 1. The van der Waals surface area contributed by atoms with E-state index in [1.807, 2.05) is 30.3 Å². The Morgan fingerprint density at radius 2 is 1.84 bits per heavy atom. The predicted octanol–water partition coefficient (Wildman–Crippen LogP) is 3.58. The molecule has 0 saturated carbocycles. The average molecular weight is 272 g/mol. The van der Waals surface area contributed by atoms with Gasteiger partial charge in [0.05, 0.1) is 11.0 Å². The highest BCUT2D eigenvalue weighted by molar-refractivity contribution is 6.31. The molecule has 0 spiro atoms. The van der Waals surface area contributed by atoms with Crippen LogP contribution in [-0.4, -0.2) is 9.97 Å². The molecule has 4 heteroatoms. The number of benzene rings is 2. The Morgan fingerprint density at radius 1 is 1.05 bits per heavy atom. The fourth-order valence-corrected chi connectivity index (χ4v) is 2.27. The van der Waals surface area contributed by atoms with E-state index in [9.17, 15) is 0 Å². The number of aryl methyl sites for hydroxylation is 2. The molecule has 0 saturated heterocycles. The quantitative estimate of drug-likeness (QED) is 0.716. The maximum absolute atomic E-state index is 5.96. The number of nitrogens with zero attached hydrogens (tertiary/aromatic N) is 1. The summed E-state index contributed by atoms with van der Waals surface area (Å²) in [5, 5.41) is 0.723. The average Bonchev–Trinajstić information content (AvgIpc) is 2.80. The Hall–Kier alpha value is -2.00. The van der Waals surface area contributed by atoms with E-state index in [2.05, 4.69) is 22.1 Å². The topological polar surface area (TPSA) is 54.7 Å². The maximum atomic E-state index is 5.96. The summed E-state index contributed by atoms with van der Waals surface area (Å²) in [5.41, 5.74) is 9.66. The molecule has 0 radical (unpaired) electrons. The minimum atomic E-state index is 0.723.